The van der Waals surface area contributed by atoms with Crippen LogP contribution in [0.25, 0.3) is 22.0 Å². The maximum atomic E-state index is 14.1. The van der Waals surface area contributed by atoms with Gasteiger partial charge >= 0.3 is 12.1 Å². The van der Waals surface area contributed by atoms with Crippen LogP contribution in [0.4, 0.5) is 10.5 Å². The minimum atomic E-state index is -1.97. The zero-order valence-electron chi connectivity index (χ0n) is 54.2. The van der Waals surface area contributed by atoms with Crippen LogP contribution in [0.1, 0.15) is 140 Å². The number of rotatable bonds is 31. The number of likely N-dealkylation sites (tertiary alicyclic amines) is 1. The number of esters is 1. The molecule has 0 bridgehead atoms. The second kappa shape index (κ2) is 30.1. The number of cyclic esters (lactones) is 1. The van der Waals surface area contributed by atoms with Gasteiger partial charge in [0.1, 0.15) is 38.2 Å². The monoisotopic (exact) mass is 1300 g/mol. The van der Waals surface area contributed by atoms with E-state index in [4.69, 9.17) is 43.6 Å². The Morgan fingerprint density at radius 3 is 2.30 bits per heavy atom. The fourth-order valence-corrected chi connectivity index (χ4v) is 12.5. The average Bonchev–Trinajstić information content (AvgIpc) is 1.42. The lowest BCUT2D eigenvalue weighted by molar-refractivity contribution is -0.175. The molecule has 10 rings (SSSR count). The van der Waals surface area contributed by atoms with Crippen LogP contribution < -0.4 is 42.0 Å². The SMILES string of the molecule is C=C1CCC(=O)N1CC1CCC(C(=O)NCc2cn(CCOC(C)(C)CCOC(C)(C)CCNC(=O)COCC(=O)N[C@@H](CCCCN)C(=O)Nc3ccc(COC(=O)O[C@]4(CC)C(=O)OCc5c4cc4n(c5=O)Cc5cc6cc7c(cc6cc5-4)OCO7)cc3)nn2)CC1. The number of allylic oxidation sites excluding steroid dienone is 1. The first-order valence-corrected chi connectivity index (χ1v) is 32.4. The Hall–Kier alpha value is -8.72. The van der Waals surface area contributed by atoms with Gasteiger partial charge < -0.3 is 74.4 Å². The third kappa shape index (κ3) is 16.8. The molecule has 6 N–H and O–H groups in total. The molecule has 2 fully saturated rings. The number of benzene rings is 3. The van der Waals surface area contributed by atoms with Crippen LogP contribution in [-0.4, -0.2) is 136 Å². The van der Waals surface area contributed by atoms with Gasteiger partial charge in [-0.05, 0) is 175 Å². The molecule has 5 aromatic rings. The van der Waals surface area contributed by atoms with E-state index in [9.17, 15) is 38.4 Å². The molecule has 504 valence electrons. The molecule has 5 amide bonds. The molecule has 3 aromatic carbocycles. The molecular formula is C68H86N10O16. The number of ether oxygens (including phenoxy) is 8. The molecule has 94 heavy (non-hydrogen) atoms. The molecule has 2 atom stereocenters. The van der Waals surface area contributed by atoms with Gasteiger partial charge in [-0.25, -0.2) is 14.3 Å². The van der Waals surface area contributed by atoms with Gasteiger partial charge in [0.2, 0.25) is 41.9 Å². The molecule has 1 saturated heterocycles. The highest BCUT2D eigenvalue weighted by Crippen LogP contribution is 2.44. The number of nitrogens with two attached hydrogens (primary N) is 1. The van der Waals surface area contributed by atoms with Crippen molar-refractivity contribution in [3.05, 3.63) is 111 Å². The van der Waals surface area contributed by atoms with Crippen LogP contribution in [0.5, 0.6) is 11.5 Å². The van der Waals surface area contributed by atoms with Crippen molar-refractivity contribution in [1.29, 1.82) is 0 Å². The fourth-order valence-electron chi connectivity index (χ4n) is 12.5. The van der Waals surface area contributed by atoms with Crippen molar-refractivity contribution in [1.82, 2.24) is 40.4 Å². The van der Waals surface area contributed by atoms with Crippen LogP contribution in [0.15, 0.2) is 77.9 Å². The van der Waals surface area contributed by atoms with Crippen molar-refractivity contribution in [3.8, 4) is 22.8 Å². The van der Waals surface area contributed by atoms with E-state index in [2.05, 4.69) is 38.2 Å². The summed E-state index contributed by atoms with van der Waals surface area (Å²) in [6.07, 6.45) is 7.77. The maximum Gasteiger partial charge on any atom is 0.510 e. The lowest BCUT2D eigenvalue weighted by Gasteiger charge is -2.35. The number of carbonyl (C=O) groups excluding carboxylic acids is 7. The summed E-state index contributed by atoms with van der Waals surface area (Å²) < 4.78 is 49.2. The molecular weight excluding hydrogens is 1210 g/mol. The Labute approximate surface area is 545 Å². The van der Waals surface area contributed by atoms with Gasteiger partial charge in [0, 0.05) is 47.9 Å². The van der Waals surface area contributed by atoms with Gasteiger partial charge in [0.15, 0.2) is 11.5 Å². The second-order valence-corrected chi connectivity index (χ2v) is 25.9. The van der Waals surface area contributed by atoms with Gasteiger partial charge in [0.25, 0.3) is 5.56 Å². The number of aromatic nitrogens is 4. The van der Waals surface area contributed by atoms with Crippen molar-refractivity contribution in [2.24, 2.45) is 17.6 Å². The first-order valence-electron chi connectivity index (χ1n) is 32.4. The van der Waals surface area contributed by atoms with E-state index < -0.39 is 59.3 Å². The minimum absolute atomic E-state index is 0.0148. The topological polar surface area (TPSA) is 323 Å². The smallest absolute Gasteiger partial charge is 0.457 e. The molecule has 0 unspecified atom stereocenters. The molecule has 26 heteroatoms. The maximum absolute atomic E-state index is 14.1. The minimum Gasteiger partial charge on any atom is -0.457 e. The Balaban J connectivity index is 0.600. The van der Waals surface area contributed by atoms with Gasteiger partial charge in [-0.1, -0.05) is 30.8 Å². The van der Waals surface area contributed by atoms with Gasteiger partial charge in [-0.3, -0.25) is 28.8 Å². The largest absolute Gasteiger partial charge is 0.510 e. The van der Waals surface area contributed by atoms with Crippen LogP contribution in [0, 0.1) is 11.8 Å². The molecule has 0 spiro atoms. The van der Waals surface area contributed by atoms with Crippen LogP contribution >= 0.6 is 0 Å². The number of nitrogens with one attached hydrogen (secondary N) is 4. The number of carbonyl (C=O) groups is 7. The number of amides is 5. The number of unbranched alkanes of at least 4 members (excludes halogenated alkanes) is 1. The van der Waals surface area contributed by atoms with Crippen molar-refractivity contribution >= 4 is 58.1 Å². The lowest BCUT2D eigenvalue weighted by Crippen LogP contribution is -2.47. The Kier molecular flexibility index (Phi) is 21.8. The van der Waals surface area contributed by atoms with Crippen LogP contribution in [0.3, 0.4) is 0 Å². The van der Waals surface area contributed by atoms with E-state index in [-0.39, 0.29) is 80.4 Å². The Morgan fingerprint density at radius 1 is 0.851 bits per heavy atom. The standard InChI is InChI=1S/C68H86N10O16/c1-7-68(53-32-55-51-29-47-31-57-56(90-41-91-57)30-46(47)28-48(51)35-78(55)63(84)52(53)38-88-64(68)85)94-65(86)89-37-44-14-18-49(19-15-44)72-62(83)54(10-8-9-23-69)73-59(80)40-87-39-58(79)70-24-21-66(3,4)92-26-22-67(5,6)93-27-25-76-36-50(74-75-76)33-71-61(82)45-16-12-43(13-17-45)34-77-42(2)11-20-60(77)81/h14-15,18-19,28-32,36,43,45,54H,2,7-13,16-17,20-27,33-35,37-41,69H2,1,3-6H3,(H,70,79)(H,71,82)(H,72,83)(H,73,80)/t43?,45?,54-,68-/m0/s1. The summed E-state index contributed by atoms with van der Waals surface area (Å²) in [5.41, 5.74) is 7.44. The number of fused-ring (bicyclic) bond motifs is 6. The molecule has 0 radical (unpaired) electrons. The summed E-state index contributed by atoms with van der Waals surface area (Å²) in [6, 6.07) is 14.9. The predicted octanol–water partition coefficient (Wildman–Crippen LogP) is 6.68. The summed E-state index contributed by atoms with van der Waals surface area (Å²) in [6.45, 7) is 15.4. The molecule has 6 heterocycles. The highest BCUT2D eigenvalue weighted by Gasteiger charge is 2.51. The van der Waals surface area contributed by atoms with Crippen molar-refractivity contribution in [2.75, 3.05) is 58.2 Å². The number of pyridine rings is 1. The zero-order valence-corrected chi connectivity index (χ0v) is 54.2. The predicted molar refractivity (Wildman–Crippen MR) is 342 cm³/mol. The summed E-state index contributed by atoms with van der Waals surface area (Å²) in [5, 5.41) is 21.6. The Morgan fingerprint density at radius 2 is 1.57 bits per heavy atom. The summed E-state index contributed by atoms with van der Waals surface area (Å²) in [7, 11) is 0. The lowest BCUT2D eigenvalue weighted by atomic mass is 9.81. The van der Waals surface area contributed by atoms with E-state index in [1.807, 2.05) is 56.9 Å². The molecule has 26 nitrogen and oxygen atoms in total. The van der Waals surface area contributed by atoms with Crippen molar-refractivity contribution in [3.63, 3.8) is 0 Å². The number of anilines is 1. The second-order valence-electron chi connectivity index (χ2n) is 25.9. The highest BCUT2D eigenvalue weighted by molar-refractivity contribution is 5.97. The van der Waals surface area contributed by atoms with Gasteiger partial charge in [-0.2, -0.15) is 0 Å². The highest BCUT2D eigenvalue weighted by atomic mass is 16.7. The third-order valence-corrected chi connectivity index (χ3v) is 18.1. The van der Waals surface area contributed by atoms with Crippen LogP contribution in [0.2, 0.25) is 0 Å². The van der Waals surface area contributed by atoms with E-state index in [1.165, 1.54) is 0 Å². The molecule has 2 aromatic heterocycles. The fraction of sp³-hybridized carbons (Fsp3) is 0.529. The van der Waals surface area contributed by atoms with Gasteiger partial charge in [0.05, 0.1) is 61.5 Å². The molecule has 5 aliphatic rings. The van der Waals surface area contributed by atoms with Crippen molar-refractivity contribution < 1.29 is 71.5 Å². The van der Waals surface area contributed by atoms with E-state index in [0.29, 0.717) is 118 Å². The third-order valence-electron chi connectivity index (χ3n) is 18.1. The number of nitrogens with zero attached hydrogens (tertiary/aromatic N) is 5. The zero-order chi connectivity index (χ0) is 66.7. The molecule has 1 aliphatic carbocycles. The van der Waals surface area contributed by atoms with E-state index in [1.54, 1.807) is 52.7 Å². The summed E-state index contributed by atoms with van der Waals surface area (Å²) in [4.78, 5) is 108. The Bertz CT molecular complexity index is 3690. The summed E-state index contributed by atoms with van der Waals surface area (Å²) >= 11 is 0. The first kappa shape index (κ1) is 68.1. The quantitative estimate of drug-likeness (QED) is 0.0224. The van der Waals surface area contributed by atoms with E-state index in [0.717, 1.165) is 59.7 Å². The number of hydrogen-bond acceptors (Lipinski definition) is 19. The molecule has 1 saturated carbocycles. The number of hydrogen-bond donors (Lipinski definition) is 5. The van der Waals surface area contributed by atoms with E-state index >= 15 is 0 Å². The summed E-state index contributed by atoms with van der Waals surface area (Å²) in [5.74, 6) is -0.609. The average molecular weight is 1300 g/mol. The van der Waals surface area contributed by atoms with Gasteiger partial charge in [-0.15, -0.1) is 5.10 Å². The normalized spacial score (nSPS) is 18.4. The molecule has 4 aliphatic heterocycles. The van der Waals surface area contributed by atoms with Crippen molar-refractivity contribution in [2.45, 2.75) is 167 Å². The first-order chi connectivity index (χ1) is 45.1. The van der Waals surface area contributed by atoms with Crippen LogP contribution in [-0.2, 0) is 95.6 Å².